The number of aryl methyl sites for hydroxylation is 1. The maximum atomic E-state index is 13.0. The summed E-state index contributed by atoms with van der Waals surface area (Å²) >= 11 is 0. The minimum absolute atomic E-state index is 0.187. The zero-order chi connectivity index (χ0) is 12.1. The van der Waals surface area contributed by atoms with E-state index in [2.05, 4.69) is 12.1 Å². The van der Waals surface area contributed by atoms with E-state index in [9.17, 15) is 4.39 Å². The third-order valence-corrected chi connectivity index (χ3v) is 2.99. The minimum atomic E-state index is -0.187. The molecule has 0 unspecified atom stereocenters. The fourth-order valence-corrected chi connectivity index (χ4v) is 2.04. The fourth-order valence-electron chi connectivity index (χ4n) is 2.04. The zero-order valence-corrected chi connectivity index (χ0v) is 9.82. The summed E-state index contributed by atoms with van der Waals surface area (Å²) in [6.45, 7) is 0.275. The average molecular weight is 232 g/mol. The second-order valence-electron chi connectivity index (χ2n) is 4.36. The molecule has 0 aliphatic rings. The molecule has 2 heteroatoms. The molecular weight excluding hydrogens is 215 g/mol. The Morgan fingerprint density at radius 1 is 0.882 bits per heavy atom. The molecule has 0 aliphatic heterocycles. The summed E-state index contributed by atoms with van der Waals surface area (Å²) in [4.78, 5) is 0. The average Bonchev–Trinajstić information content (AvgIpc) is 2.35. The van der Waals surface area contributed by atoms with Crippen LogP contribution in [0.2, 0.25) is 0 Å². The van der Waals surface area contributed by atoms with Gasteiger partial charge in [-0.1, -0.05) is 30.7 Å². The first kappa shape index (κ1) is 12.1. The summed E-state index contributed by atoms with van der Waals surface area (Å²) in [5, 5.41) is 10.7. The van der Waals surface area contributed by atoms with Gasteiger partial charge in [0.1, 0.15) is 5.82 Å². The van der Waals surface area contributed by atoms with E-state index in [1.165, 1.54) is 11.6 Å². The molecule has 17 heavy (non-hydrogen) atoms. The van der Waals surface area contributed by atoms with Crippen molar-refractivity contribution in [2.45, 2.75) is 25.7 Å². The van der Waals surface area contributed by atoms with Crippen LogP contribution in [-0.4, -0.2) is 11.7 Å². The van der Waals surface area contributed by atoms with Crippen molar-refractivity contribution in [2.75, 3.05) is 6.61 Å². The Bertz CT molecular complexity index is 493. The van der Waals surface area contributed by atoms with Crippen LogP contribution in [0.4, 0.5) is 4.39 Å². The molecule has 0 bridgehead atoms. The van der Waals surface area contributed by atoms with Gasteiger partial charge in [-0.05, 0) is 47.7 Å². The molecule has 0 fully saturated rings. The lowest BCUT2D eigenvalue weighted by atomic mass is 10.0. The number of unbranched alkanes of at least 4 members (excludes halogenated alkanes) is 2. The van der Waals surface area contributed by atoms with Gasteiger partial charge in [0.05, 0.1) is 0 Å². The van der Waals surface area contributed by atoms with E-state index in [1.54, 1.807) is 6.07 Å². The molecule has 0 heterocycles. The number of hydrogen-bond donors (Lipinski definition) is 1. The largest absolute Gasteiger partial charge is 0.396 e. The Balaban J connectivity index is 2.07. The number of halogens is 1. The first-order valence-electron chi connectivity index (χ1n) is 6.08. The van der Waals surface area contributed by atoms with Crippen molar-refractivity contribution < 1.29 is 9.50 Å². The lowest BCUT2D eigenvalue weighted by Gasteiger charge is -2.04. The van der Waals surface area contributed by atoms with Gasteiger partial charge in [-0.3, -0.25) is 0 Å². The molecule has 1 nitrogen and oxygen atoms in total. The number of aliphatic hydroxyl groups is 1. The molecule has 1 N–H and O–H groups in total. The summed E-state index contributed by atoms with van der Waals surface area (Å²) in [5.74, 6) is -0.187. The van der Waals surface area contributed by atoms with Crippen LogP contribution in [0.3, 0.4) is 0 Å². The Hall–Kier alpha value is -1.41. The Morgan fingerprint density at radius 3 is 2.47 bits per heavy atom. The molecular formula is C15H17FO. The molecule has 2 aromatic rings. The topological polar surface area (TPSA) is 20.2 Å². The van der Waals surface area contributed by atoms with Crippen molar-refractivity contribution in [2.24, 2.45) is 0 Å². The van der Waals surface area contributed by atoms with Crippen LogP contribution in [-0.2, 0) is 6.42 Å². The second-order valence-corrected chi connectivity index (χ2v) is 4.36. The van der Waals surface area contributed by atoms with Crippen molar-refractivity contribution in [3.63, 3.8) is 0 Å². The molecule has 90 valence electrons. The highest BCUT2D eigenvalue weighted by Gasteiger charge is 1.98. The maximum Gasteiger partial charge on any atom is 0.123 e. The highest BCUT2D eigenvalue weighted by atomic mass is 19.1. The molecule has 0 amide bonds. The van der Waals surface area contributed by atoms with Gasteiger partial charge in [0.15, 0.2) is 0 Å². The quantitative estimate of drug-likeness (QED) is 0.779. The van der Waals surface area contributed by atoms with Gasteiger partial charge in [0, 0.05) is 6.61 Å². The first-order valence-corrected chi connectivity index (χ1v) is 6.08. The first-order chi connectivity index (χ1) is 8.29. The number of rotatable bonds is 5. The van der Waals surface area contributed by atoms with Crippen molar-refractivity contribution in [1.82, 2.24) is 0 Å². The van der Waals surface area contributed by atoms with Gasteiger partial charge in [-0.15, -0.1) is 0 Å². The zero-order valence-electron chi connectivity index (χ0n) is 9.82. The number of benzene rings is 2. The van der Waals surface area contributed by atoms with Crippen molar-refractivity contribution in [3.8, 4) is 0 Å². The molecule has 0 spiro atoms. The second kappa shape index (κ2) is 5.78. The molecule has 0 saturated heterocycles. The Morgan fingerprint density at radius 2 is 1.65 bits per heavy atom. The predicted molar refractivity (Wildman–Crippen MR) is 68.5 cm³/mol. The number of aliphatic hydroxyl groups excluding tert-OH is 1. The minimum Gasteiger partial charge on any atom is -0.396 e. The van der Waals surface area contributed by atoms with Crippen LogP contribution < -0.4 is 0 Å². The van der Waals surface area contributed by atoms with Crippen LogP contribution in [0.25, 0.3) is 10.8 Å². The van der Waals surface area contributed by atoms with Crippen LogP contribution in [0.1, 0.15) is 24.8 Å². The van der Waals surface area contributed by atoms with Crippen LogP contribution in [0, 0.1) is 5.82 Å². The standard InChI is InChI=1S/C15H17FO/c16-15-8-7-13-10-12(4-2-1-3-9-17)5-6-14(13)11-15/h5-8,10-11,17H,1-4,9H2. The predicted octanol–water partition coefficient (Wildman–Crippen LogP) is 3.68. The monoisotopic (exact) mass is 232 g/mol. The smallest absolute Gasteiger partial charge is 0.123 e. The molecule has 0 atom stereocenters. The molecule has 0 aliphatic carbocycles. The Labute approximate surface area is 101 Å². The summed E-state index contributed by atoms with van der Waals surface area (Å²) in [5.41, 5.74) is 1.28. The summed E-state index contributed by atoms with van der Waals surface area (Å²) in [7, 11) is 0. The summed E-state index contributed by atoms with van der Waals surface area (Å²) < 4.78 is 13.0. The van der Waals surface area contributed by atoms with Crippen molar-refractivity contribution in [1.29, 1.82) is 0 Å². The summed E-state index contributed by atoms with van der Waals surface area (Å²) in [6, 6.07) is 11.0. The lowest BCUT2D eigenvalue weighted by molar-refractivity contribution is 0.283. The van der Waals surface area contributed by atoms with E-state index < -0.39 is 0 Å². The van der Waals surface area contributed by atoms with E-state index in [0.29, 0.717) is 0 Å². The van der Waals surface area contributed by atoms with Gasteiger partial charge in [0.2, 0.25) is 0 Å². The van der Waals surface area contributed by atoms with Crippen LogP contribution in [0.5, 0.6) is 0 Å². The van der Waals surface area contributed by atoms with Gasteiger partial charge < -0.3 is 5.11 Å². The SMILES string of the molecule is OCCCCCc1ccc2cc(F)ccc2c1. The molecule has 0 aromatic heterocycles. The van der Waals surface area contributed by atoms with Gasteiger partial charge in [-0.25, -0.2) is 4.39 Å². The van der Waals surface area contributed by atoms with Gasteiger partial charge >= 0.3 is 0 Å². The van der Waals surface area contributed by atoms with E-state index in [-0.39, 0.29) is 12.4 Å². The number of hydrogen-bond acceptors (Lipinski definition) is 1. The lowest BCUT2D eigenvalue weighted by Crippen LogP contribution is -1.88. The van der Waals surface area contributed by atoms with Crippen molar-refractivity contribution >= 4 is 10.8 Å². The van der Waals surface area contributed by atoms with Crippen LogP contribution >= 0.6 is 0 Å². The van der Waals surface area contributed by atoms with E-state index in [1.807, 2.05) is 12.1 Å². The Kier molecular flexibility index (Phi) is 4.10. The molecule has 2 aromatic carbocycles. The number of fused-ring (bicyclic) bond motifs is 1. The van der Waals surface area contributed by atoms with Crippen LogP contribution in [0.15, 0.2) is 36.4 Å². The molecule has 0 saturated carbocycles. The third kappa shape index (κ3) is 3.27. The van der Waals surface area contributed by atoms with E-state index >= 15 is 0 Å². The molecule has 2 rings (SSSR count). The van der Waals surface area contributed by atoms with Gasteiger partial charge in [-0.2, -0.15) is 0 Å². The van der Waals surface area contributed by atoms with Gasteiger partial charge in [0.25, 0.3) is 0 Å². The molecule has 0 radical (unpaired) electrons. The summed E-state index contributed by atoms with van der Waals surface area (Å²) in [6.07, 6.45) is 4.04. The maximum absolute atomic E-state index is 13.0. The third-order valence-electron chi connectivity index (χ3n) is 2.99. The van der Waals surface area contributed by atoms with E-state index in [4.69, 9.17) is 5.11 Å². The normalized spacial score (nSPS) is 10.9. The highest BCUT2D eigenvalue weighted by molar-refractivity contribution is 5.83. The highest BCUT2D eigenvalue weighted by Crippen LogP contribution is 2.18. The van der Waals surface area contributed by atoms with Crippen molar-refractivity contribution in [3.05, 3.63) is 47.8 Å². The van der Waals surface area contributed by atoms with E-state index in [0.717, 1.165) is 36.5 Å². The fraction of sp³-hybridized carbons (Fsp3) is 0.333.